The molecule has 1 aromatic heterocycles. The monoisotopic (exact) mass is 278 g/mol. The lowest BCUT2D eigenvalue weighted by Gasteiger charge is -2.01. The quantitative estimate of drug-likeness (QED) is 0.329. The Labute approximate surface area is 118 Å². The lowest BCUT2D eigenvalue weighted by Crippen LogP contribution is -3.00. The Bertz CT molecular complexity index is 501. The van der Waals surface area contributed by atoms with Gasteiger partial charge in [-0.1, -0.05) is 35.5 Å². The van der Waals surface area contributed by atoms with E-state index in [1.165, 1.54) is 6.21 Å². The standard InChI is InChI=1S/C14H14N2O2.ClH/c17-15-10-13-6-8-16(9-7-13)12-18-11-14-4-2-1-3-5-14;/h1-10H,11-12H2;1H. The summed E-state index contributed by atoms with van der Waals surface area (Å²) < 4.78 is 7.50. The highest BCUT2D eigenvalue weighted by Crippen LogP contribution is 2.00. The summed E-state index contributed by atoms with van der Waals surface area (Å²) in [6.45, 7) is 1.08. The van der Waals surface area contributed by atoms with E-state index in [1.807, 2.05) is 59.4 Å². The second kappa shape index (κ2) is 8.24. The van der Waals surface area contributed by atoms with Crippen LogP contribution in [0, 0.1) is 0 Å². The number of oxime groups is 1. The van der Waals surface area contributed by atoms with Crippen molar-refractivity contribution in [2.75, 3.05) is 0 Å². The predicted molar refractivity (Wildman–Crippen MR) is 67.2 cm³/mol. The first-order valence-corrected chi connectivity index (χ1v) is 5.67. The van der Waals surface area contributed by atoms with E-state index < -0.39 is 0 Å². The van der Waals surface area contributed by atoms with Gasteiger partial charge in [0.05, 0.1) is 12.8 Å². The maximum absolute atomic E-state index is 8.39. The molecule has 0 aliphatic rings. The van der Waals surface area contributed by atoms with Crippen molar-refractivity contribution in [3.8, 4) is 0 Å². The minimum absolute atomic E-state index is 0. The zero-order valence-electron chi connectivity index (χ0n) is 10.3. The van der Waals surface area contributed by atoms with Gasteiger partial charge in [-0.15, -0.1) is 0 Å². The molecule has 1 N–H and O–H groups in total. The smallest absolute Gasteiger partial charge is 0.252 e. The summed E-state index contributed by atoms with van der Waals surface area (Å²) in [5.74, 6) is 0. The molecule has 1 aromatic carbocycles. The summed E-state index contributed by atoms with van der Waals surface area (Å²) in [6.07, 6.45) is 5.14. The van der Waals surface area contributed by atoms with Crippen LogP contribution in [0.5, 0.6) is 0 Å². The predicted octanol–water partition coefficient (Wildman–Crippen LogP) is -1.04. The maximum atomic E-state index is 8.39. The minimum atomic E-state index is 0. The van der Waals surface area contributed by atoms with Crippen LogP contribution in [0.1, 0.15) is 11.1 Å². The molecule has 19 heavy (non-hydrogen) atoms. The Morgan fingerprint density at radius 3 is 2.42 bits per heavy atom. The zero-order chi connectivity index (χ0) is 12.6. The highest BCUT2D eigenvalue weighted by Gasteiger charge is 2.00. The van der Waals surface area contributed by atoms with Gasteiger partial charge < -0.3 is 22.4 Å². The van der Waals surface area contributed by atoms with Crippen LogP contribution < -0.4 is 17.0 Å². The van der Waals surface area contributed by atoms with Gasteiger partial charge in [-0.2, -0.15) is 4.57 Å². The number of hydrogen-bond donors (Lipinski definition) is 1. The number of nitrogens with zero attached hydrogens (tertiary/aromatic N) is 2. The Hall–Kier alpha value is -1.91. The van der Waals surface area contributed by atoms with E-state index in [0.717, 1.165) is 11.1 Å². The second-order valence-electron chi connectivity index (χ2n) is 3.85. The molecule has 0 fully saturated rings. The third-order valence-electron chi connectivity index (χ3n) is 2.48. The van der Waals surface area contributed by atoms with E-state index in [2.05, 4.69) is 5.16 Å². The molecule has 1 heterocycles. The summed E-state index contributed by atoms with van der Waals surface area (Å²) in [5.41, 5.74) is 2.00. The van der Waals surface area contributed by atoms with Gasteiger partial charge in [-0.25, -0.2) is 0 Å². The van der Waals surface area contributed by atoms with Crippen LogP contribution in [0.4, 0.5) is 0 Å². The molecule has 2 rings (SSSR count). The first-order chi connectivity index (χ1) is 8.88. The summed E-state index contributed by atoms with van der Waals surface area (Å²) in [6, 6.07) is 13.7. The molecule has 0 saturated carbocycles. The molecular weight excluding hydrogens is 264 g/mol. The van der Waals surface area contributed by atoms with E-state index in [-0.39, 0.29) is 12.4 Å². The molecule has 0 saturated heterocycles. The van der Waals surface area contributed by atoms with Gasteiger partial charge in [0, 0.05) is 17.7 Å². The molecule has 0 atom stereocenters. The van der Waals surface area contributed by atoms with Crippen molar-refractivity contribution in [2.45, 2.75) is 13.3 Å². The molecule has 100 valence electrons. The van der Waals surface area contributed by atoms with Crippen molar-refractivity contribution in [3.05, 3.63) is 66.0 Å². The molecule has 0 amide bonds. The van der Waals surface area contributed by atoms with Crippen molar-refractivity contribution in [2.24, 2.45) is 5.16 Å². The topological polar surface area (TPSA) is 45.7 Å². The first kappa shape index (κ1) is 15.1. The maximum Gasteiger partial charge on any atom is 0.252 e. The number of rotatable bonds is 5. The summed E-state index contributed by atoms with van der Waals surface area (Å²) >= 11 is 0. The second-order valence-corrected chi connectivity index (χ2v) is 3.85. The Kier molecular flexibility index (Phi) is 6.57. The van der Waals surface area contributed by atoms with Crippen molar-refractivity contribution in [1.82, 2.24) is 0 Å². The van der Waals surface area contributed by atoms with Gasteiger partial charge in [-0.05, 0) is 5.56 Å². The molecule has 2 aromatic rings. The molecule has 0 radical (unpaired) electrons. The lowest BCUT2D eigenvalue weighted by atomic mass is 10.2. The van der Waals surface area contributed by atoms with Crippen LogP contribution in [-0.4, -0.2) is 11.4 Å². The highest BCUT2D eigenvalue weighted by molar-refractivity contribution is 5.78. The lowest BCUT2D eigenvalue weighted by molar-refractivity contribution is -0.733. The van der Waals surface area contributed by atoms with Crippen LogP contribution in [0.2, 0.25) is 0 Å². The van der Waals surface area contributed by atoms with Gasteiger partial charge in [0.15, 0.2) is 12.4 Å². The third kappa shape index (κ3) is 5.07. The molecule has 0 aliphatic heterocycles. The normalized spacial score (nSPS) is 10.3. The van der Waals surface area contributed by atoms with E-state index in [9.17, 15) is 0 Å². The van der Waals surface area contributed by atoms with E-state index in [4.69, 9.17) is 9.94 Å². The molecular formula is C14H15ClN2O2. The Morgan fingerprint density at radius 1 is 1.11 bits per heavy atom. The Balaban J connectivity index is 0.00000180. The van der Waals surface area contributed by atoms with Gasteiger partial charge in [0.1, 0.15) is 0 Å². The summed E-state index contributed by atoms with van der Waals surface area (Å²) in [5, 5.41) is 11.4. The van der Waals surface area contributed by atoms with Crippen molar-refractivity contribution in [3.63, 3.8) is 0 Å². The van der Waals surface area contributed by atoms with Crippen LogP contribution in [0.25, 0.3) is 0 Å². The number of hydrogen-bond acceptors (Lipinski definition) is 3. The first-order valence-electron chi connectivity index (χ1n) is 5.67. The van der Waals surface area contributed by atoms with Crippen LogP contribution >= 0.6 is 0 Å². The van der Waals surface area contributed by atoms with E-state index >= 15 is 0 Å². The fourth-order valence-corrected chi connectivity index (χ4v) is 1.55. The van der Waals surface area contributed by atoms with Gasteiger partial charge in [0.2, 0.25) is 0 Å². The largest absolute Gasteiger partial charge is 1.00 e. The number of halogens is 1. The average Bonchev–Trinajstić information content (AvgIpc) is 2.42. The third-order valence-corrected chi connectivity index (χ3v) is 2.48. The fourth-order valence-electron chi connectivity index (χ4n) is 1.55. The van der Waals surface area contributed by atoms with Crippen LogP contribution in [-0.2, 0) is 18.1 Å². The number of pyridine rings is 1. The number of ether oxygens (including phenoxy) is 1. The van der Waals surface area contributed by atoms with Crippen LogP contribution in [0.3, 0.4) is 0 Å². The van der Waals surface area contributed by atoms with Gasteiger partial charge >= 0.3 is 0 Å². The summed E-state index contributed by atoms with van der Waals surface area (Å²) in [4.78, 5) is 0. The molecule has 0 unspecified atom stereocenters. The van der Waals surface area contributed by atoms with E-state index in [1.54, 1.807) is 0 Å². The Morgan fingerprint density at radius 2 is 1.79 bits per heavy atom. The molecule has 0 aliphatic carbocycles. The van der Waals surface area contributed by atoms with Crippen molar-refractivity contribution < 1.29 is 26.9 Å². The molecule has 4 nitrogen and oxygen atoms in total. The summed E-state index contributed by atoms with van der Waals surface area (Å²) in [7, 11) is 0. The van der Waals surface area contributed by atoms with E-state index in [0.29, 0.717) is 13.3 Å². The molecule has 0 spiro atoms. The number of aromatic nitrogens is 1. The van der Waals surface area contributed by atoms with Crippen molar-refractivity contribution >= 4 is 6.21 Å². The zero-order valence-corrected chi connectivity index (χ0v) is 11.1. The number of benzene rings is 1. The van der Waals surface area contributed by atoms with Crippen LogP contribution in [0.15, 0.2) is 60.0 Å². The highest BCUT2D eigenvalue weighted by atomic mass is 35.5. The minimum Gasteiger partial charge on any atom is -1.00 e. The SMILES string of the molecule is ON=Cc1cc[n+](COCc2ccccc2)cc1.[Cl-]. The van der Waals surface area contributed by atoms with Gasteiger partial charge in [0.25, 0.3) is 6.73 Å². The average molecular weight is 279 g/mol. The van der Waals surface area contributed by atoms with Crippen molar-refractivity contribution in [1.29, 1.82) is 0 Å². The molecule has 5 heteroatoms. The fraction of sp³-hybridized carbons (Fsp3) is 0.143. The molecule has 0 bridgehead atoms. The van der Waals surface area contributed by atoms with Gasteiger partial charge in [-0.3, -0.25) is 0 Å².